The van der Waals surface area contributed by atoms with Crippen LogP contribution < -0.4 is 0 Å². The van der Waals surface area contributed by atoms with Gasteiger partial charge in [0.1, 0.15) is 6.10 Å². The van der Waals surface area contributed by atoms with Gasteiger partial charge in [-0.15, -0.1) is 0 Å². The summed E-state index contributed by atoms with van der Waals surface area (Å²) in [4.78, 5) is 0. The van der Waals surface area contributed by atoms with Crippen molar-refractivity contribution in [1.29, 1.82) is 0 Å². The van der Waals surface area contributed by atoms with Crippen molar-refractivity contribution in [1.82, 2.24) is 0 Å². The van der Waals surface area contributed by atoms with Crippen LogP contribution in [0.5, 0.6) is 0 Å². The second kappa shape index (κ2) is 5.91. The summed E-state index contributed by atoms with van der Waals surface area (Å²) in [6.07, 6.45) is -0.664. The van der Waals surface area contributed by atoms with Crippen LogP contribution in [-0.2, 0) is 0 Å². The standard InChI is InChI=1S/C18H14Br2O/c1-11-9-17(20)15(10-16(11)19)18(21)14-8-4-6-12-5-2-3-7-13(12)14/h2-10,18,21H,1H3. The lowest BCUT2D eigenvalue weighted by atomic mass is 9.95. The number of hydrogen-bond acceptors (Lipinski definition) is 1. The highest BCUT2D eigenvalue weighted by Crippen LogP contribution is 2.35. The van der Waals surface area contributed by atoms with Gasteiger partial charge in [0.15, 0.2) is 0 Å². The molecule has 0 aromatic heterocycles. The summed E-state index contributed by atoms with van der Waals surface area (Å²) < 4.78 is 1.92. The molecule has 1 N–H and O–H groups in total. The van der Waals surface area contributed by atoms with Gasteiger partial charge >= 0.3 is 0 Å². The van der Waals surface area contributed by atoms with Gasteiger partial charge in [-0.2, -0.15) is 0 Å². The smallest absolute Gasteiger partial charge is 0.106 e. The molecule has 0 aliphatic rings. The molecule has 3 rings (SSSR count). The van der Waals surface area contributed by atoms with Crippen molar-refractivity contribution in [2.24, 2.45) is 0 Å². The van der Waals surface area contributed by atoms with Gasteiger partial charge in [-0.05, 0) is 41.0 Å². The number of aliphatic hydroxyl groups is 1. The van der Waals surface area contributed by atoms with Crippen LogP contribution in [0.15, 0.2) is 63.5 Å². The van der Waals surface area contributed by atoms with Crippen LogP contribution in [0.3, 0.4) is 0 Å². The fourth-order valence-electron chi connectivity index (χ4n) is 2.53. The average Bonchev–Trinajstić information content (AvgIpc) is 2.49. The highest BCUT2D eigenvalue weighted by atomic mass is 79.9. The van der Waals surface area contributed by atoms with E-state index in [0.29, 0.717) is 0 Å². The van der Waals surface area contributed by atoms with Crippen LogP contribution in [0.4, 0.5) is 0 Å². The van der Waals surface area contributed by atoms with E-state index in [1.807, 2.05) is 49.4 Å². The zero-order valence-corrected chi connectivity index (χ0v) is 14.6. The lowest BCUT2D eigenvalue weighted by molar-refractivity contribution is 0.221. The lowest BCUT2D eigenvalue weighted by Crippen LogP contribution is -2.02. The summed E-state index contributed by atoms with van der Waals surface area (Å²) in [7, 11) is 0. The number of rotatable bonds is 2. The zero-order chi connectivity index (χ0) is 15.0. The van der Waals surface area contributed by atoms with Crippen molar-refractivity contribution < 1.29 is 5.11 Å². The Balaban J connectivity index is 2.17. The van der Waals surface area contributed by atoms with E-state index in [0.717, 1.165) is 36.4 Å². The van der Waals surface area contributed by atoms with Crippen molar-refractivity contribution in [3.63, 3.8) is 0 Å². The van der Waals surface area contributed by atoms with E-state index in [1.165, 1.54) is 0 Å². The average molecular weight is 406 g/mol. The van der Waals surface area contributed by atoms with E-state index < -0.39 is 6.10 Å². The first-order valence-corrected chi connectivity index (χ1v) is 8.28. The minimum atomic E-state index is -0.664. The van der Waals surface area contributed by atoms with Gasteiger partial charge in [-0.25, -0.2) is 0 Å². The topological polar surface area (TPSA) is 20.2 Å². The summed E-state index contributed by atoms with van der Waals surface area (Å²) in [5.41, 5.74) is 2.92. The molecule has 0 spiro atoms. The van der Waals surface area contributed by atoms with Gasteiger partial charge in [-0.3, -0.25) is 0 Å². The lowest BCUT2D eigenvalue weighted by Gasteiger charge is -2.17. The normalized spacial score (nSPS) is 12.6. The van der Waals surface area contributed by atoms with Crippen LogP contribution in [0.1, 0.15) is 22.8 Å². The number of fused-ring (bicyclic) bond motifs is 1. The minimum Gasteiger partial charge on any atom is -0.384 e. The molecule has 21 heavy (non-hydrogen) atoms. The second-order valence-corrected chi connectivity index (χ2v) is 6.80. The van der Waals surface area contributed by atoms with Crippen molar-refractivity contribution >= 4 is 42.6 Å². The van der Waals surface area contributed by atoms with Crippen LogP contribution in [-0.4, -0.2) is 5.11 Å². The van der Waals surface area contributed by atoms with Crippen LogP contribution in [0, 0.1) is 6.92 Å². The molecule has 0 fully saturated rings. The molecule has 3 heteroatoms. The van der Waals surface area contributed by atoms with Crippen molar-refractivity contribution in [3.05, 3.63) is 80.2 Å². The highest BCUT2D eigenvalue weighted by molar-refractivity contribution is 9.11. The SMILES string of the molecule is Cc1cc(Br)c(C(O)c2cccc3ccccc23)cc1Br. The Morgan fingerprint density at radius 3 is 2.38 bits per heavy atom. The molecule has 1 atom stereocenters. The third kappa shape index (κ3) is 2.78. The number of benzene rings is 3. The summed E-state index contributed by atoms with van der Waals surface area (Å²) in [5, 5.41) is 13.1. The molecule has 0 aliphatic heterocycles. The Morgan fingerprint density at radius 1 is 0.857 bits per heavy atom. The van der Waals surface area contributed by atoms with E-state index >= 15 is 0 Å². The Morgan fingerprint density at radius 2 is 1.57 bits per heavy atom. The van der Waals surface area contributed by atoms with E-state index in [4.69, 9.17) is 0 Å². The van der Waals surface area contributed by atoms with Gasteiger partial charge < -0.3 is 5.11 Å². The van der Waals surface area contributed by atoms with Crippen molar-refractivity contribution in [3.8, 4) is 0 Å². The largest absolute Gasteiger partial charge is 0.384 e. The summed E-state index contributed by atoms with van der Waals surface area (Å²) in [6.45, 7) is 2.03. The molecule has 0 radical (unpaired) electrons. The van der Waals surface area contributed by atoms with Crippen molar-refractivity contribution in [2.45, 2.75) is 13.0 Å². The van der Waals surface area contributed by atoms with Gasteiger partial charge in [0.05, 0.1) is 0 Å². The first-order chi connectivity index (χ1) is 10.1. The van der Waals surface area contributed by atoms with Gasteiger partial charge in [0.2, 0.25) is 0 Å². The predicted octanol–water partition coefficient (Wildman–Crippen LogP) is 5.75. The minimum absolute atomic E-state index is 0.664. The Bertz CT molecular complexity index is 806. The van der Waals surface area contributed by atoms with Gasteiger partial charge in [-0.1, -0.05) is 74.3 Å². The first kappa shape index (κ1) is 14.8. The maximum Gasteiger partial charge on any atom is 0.106 e. The van der Waals surface area contributed by atoms with E-state index in [1.54, 1.807) is 0 Å². The highest BCUT2D eigenvalue weighted by Gasteiger charge is 2.17. The molecular weight excluding hydrogens is 392 g/mol. The monoisotopic (exact) mass is 404 g/mol. The van der Waals surface area contributed by atoms with Gasteiger partial charge in [0, 0.05) is 14.5 Å². The molecule has 0 saturated heterocycles. The Kier molecular flexibility index (Phi) is 4.16. The molecule has 0 bridgehead atoms. The molecule has 0 heterocycles. The molecule has 0 saturated carbocycles. The number of aryl methyl sites for hydroxylation is 1. The fourth-order valence-corrected chi connectivity index (χ4v) is 3.56. The molecule has 106 valence electrons. The molecule has 1 unspecified atom stereocenters. The third-order valence-electron chi connectivity index (χ3n) is 3.69. The fraction of sp³-hybridized carbons (Fsp3) is 0.111. The Hall–Kier alpha value is -1.16. The van der Waals surface area contributed by atoms with Gasteiger partial charge in [0.25, 0.3) is 0 Å². The maximum absolute atomic E-state index is 10.8. The summed E-state index contributed by atoms with van der Waals surface area (Å²) in [6, 6.07) is 18.1. The predicted molar refractivity (Wildman–Crippen MR) is 94.6 cm³/mol. The molecule has 3 aromatic rings. The first-order valence-electron chi connectivity index (χ1n) is 6.69. The quantitative estimate of drug-likeness (QED) is 0.574. The molecule has 1 nitrogen and oxygen atoms in total. The van der Waals surface area contributed by atoms with E-state index in [9.17, 15) is 5.11 Å². The van der Waals surface area contributed by atoms with Crippen molar-refractivity contribution in [2.75, 3.05) is 0 Å². The molecule has 3 aromatic carbocycles. The van der Waals surface area contributed by atoms with E-state index in [2.05, 4.69) is 44.0 Å². The summed E-state index contributed by atoms with van der Waals surface area (Å²) >= 11 is 7.10. The molecular formula is C18H14Br2O. The summed E-state index contributed by atoms with van der Waals surface area (Å²) in [5.74, 6) is 0. The number of aliphatic hydroxyl groups excluding tert-OH is 1. The molecule has 0 aliphatic carbocycles. The number of halogens is 2. The van der Waals surface area contributed by atoms with Crippen LogP contribution >= 0.6 is 31.9 Å². The second-order valence-electron chi connectivity index (χ2n) is 5.09. The van der Waals surface area contributed by atoms with Crippen LogP contribution in [0.2, 0.25) is 0 Å². The van der Waals surface area contributed by atoms with E-state index in [-0.39, 0.29) is 0 Å². The third-order valence-corrected chi connectivity index (χ3v) is 5.23. The zero-order valence-electron chi connectivity index (χ0n) is 11.5. The maximum atomic E-state index is 10.8. The number of hydrogen-bond donors (Lipinski definition) is 1. The molecule has 0 amide bonds. The Labute approximate surface area is 140 Å². The van der Waals surface area contributed by atoms with Crippen LogP contribution in [0.25, 0.3) is 10.8 Å².